The number of hydrogen-bond acceptors (Lipinski definition) is 5. The van der Waals surface area contributed by atoms with Crippen molar-refractivity contribution in [2.24, 2.45) is 0 Å². The van der Waals surface area contributed by atoms with E-state index >= 15 is 0 Å². The second kappa shape index (κ2) is 10.1. The van der Waals surface area contributed by atoms with E-state index in [9.17, 15) is 14.4 Å². The Hall–Kier alpha value is -3.03. The molecule has 0 aromatic heterocycles. The minimum atomic E-state index is -0.853. The Bertz CT molecular complexity index is 1110. The van der Waals surface area contributed by atoms with Gasteiger partial charge in [-0.15, -0.1) is 0 Å². The predicted octanol–water partition coefficient (Wildman–Crippen LogP) is 5.16. The molecule has 9 heteroatoms. The Balaban J connectivity index is 2.02. The number of anilines is 1. The molecule has 0 spiro atoms. The Labute approximate surface area is 195 Å². The van der Waals surface area contributed by atoms with Crippen molar-refractivity contribution < 1.29 is 23.9 Å². The molecule has 32 heavy (non-hydrogen) atoms. The van der Waals surface area contributed by atoms with Gasteiger partial charge in [-0.2, -0.15) is 0 Å². The number of carbonyl (C=O) groups is 3. The SMILES string of the molecule is CCCOc1c(Cl)cc(/C=C2\C(=O)NC(=O)N(c3ccc(C)c(Cl)c3)C2=O)cc1OCC. The lowest BCUT2D eigenvalue weighted by molar-refractivity contribution is -0.122. The molecule has 1 saturated heterocycles. The Morgan fingerprint density at radius 2 is 1.78 bits per heavy atom. The maximum atomic E-state index is 13.1. The lowest BCUT2D eigenvalue weighted by atomic mass is 10.1. The van der Waals surface area contributed by atoms with Crippen molar-refractivity contribution in [3.8, 4) is 11.5 Å². The lowest BCUT2D eigenvalue weighted by Gasteiger charge is -2.26. The molecule has 0 atom stereocenters. The predicted molar refractivity (Wildman–Crippen MR) is 124 cm³/mol. The van der Waals surface area contributed by atoms with Gasteiger partial charge < -0.3 is 9.47 Å². The van der Waals surface area contributed by atoms with E-state index in [-0.39, 0.29) is 16.3 Å². The number of nitrogens with zero attached hydrogens (tertiary/aromatic N) is 1. The first kappa shape index (κ1) is 23.6. The number of barbiturate groups is 1. The summed E-state index contributed by atoms with van der Waals surface area (Å²) in [5.74, 6) is -0.806. The number of urea groups is 1. The molecule has 0 radical (unpaired) electrons. The van der Waals surface area contributed by atoms with Crippen molar-refractivity contribution >= 4 is 52.8 Å². The average molecular weight is 477 g/mol. The number of imide groups is 2. The fraction of sp³-hybridized carbons (Fsp3) is 0.261. The summed E-state index contributed by atoms with van der Waals surface area (Å²) in [7, 11) is 0. The third-order valence-corrected chi connectivity index (χ3v) is 5.30. The molecular formula is C23H22Cl2N2O5. The maximum absolute atomic E-state index is 13.1. The number of halogens is 2. The standard InChI is InChI=1S/C23H22Cl2N2O5/c1-4-8-32-20-18(25)10-14(11-19(20)31-5-2)9-16-21(28)26-23(30)27(22(16)29)15-7-6-13(3)17(24)12-15/h6-7,9-12H,4-5,8H2,1-3H3,(H,26,28,30)/b16-9+. The van der Waals surface area contributed by atoms with Crippen molar-refractivity contribution in [2.45, 2.75) is 27.2 Å². The van der Waals surface area contributed by atoms with E-state index in [0.29, 0.717) is 35.3 Å². The van der Waals surface area contributed by atoms with Crippen LogP contribution in [0.15, 0.2) is 35.9 Å². The van der Waals surface area contributed by atoms with Crippen molar-refractivity contribution in [3.63, 3.8) is 0 Å². The van der Waals surface area contributed by atoms with Gasteiger partial charge in [-0.3, -0.25) is 14.9 Å². The highest BCUT2D eigenvalue weighted by molar-refractivity contribution is 6.39. The first-order valence-electron chi connectivity index (χ1n) is 10.0. The number of rotatable bonds is 7. The number of benzene rings is 2. The van der Waals surface area contributed by atoms with E-state index in [1.165, 1.54) is 12.1 Å². The molecule has 2 aromatic rings. The largest absolute Gasteiger partial charge is 0.490 e. The molecule has 0 saturated carbocycles. The monoisotopic (exact) mass is 476 g/mol. The third kappa shape index (κ3) is 4.89. The molecule has 1 aliphatic rings. The average Bonchev–Trinajstić information content (AvgIpc) is 2.73. The van der Waals surface area contributed by atoms with Crippen LogP contribution in [0, 0.1) is 6.92 Å². The number of carbonyl (C=O) groups excluding carboxylic acids is 3. The molecule has 0 unspecified atom stereocenters. The van der Waals surface area contributed by atoms with Crippen LogP contribution in [0.5, 0.6) is 11.5 Å². The van der Waals surface area contributed by atoms with Gasteiger partial charge in [0.05, 0.1) is 23.9 Å². The normalized spacial score (nSPS) is 15.2. The van der Waals surface area contributed by atoms with E-state index in [1.54, 1.807) is 31.2 Å². The molecule has 4 amide bonds. The van der Waals surface area contributed by atoms with Gasteiger partial charge in [-0.1, -0.05) is 36.2 Å². The van der Waals surface area contributed by atoms with E-state index in [1.807, 2.05) is 13.8 Å². The Morgan fingerprint density at radius 3 is 2.44 bits per heavy atom. The first-order chi connectivity index (χ1) is 15.3. The van der Waals surface area contributed by atoms with Crippen LogP contribution in [0.3, 0.4) is 0 Å². The smallest absolute Gasteiger partial charge is 0.335 e. The number of hydrogen-bond donors (Lipinski definition) is 1. The second-order valence-corrected chi connectivity index (χ2v) is 7.82. The minimum absolute atomic E-state index is 0.234. The summed E-state index contributed by atoms with van der Waals surface area (Å²) in [5.41, 5.74) is 1.24. The Kier molecular flexibility index (Phi) is 7.43. The van der Waals surface area contributed by atoms with Gasteiger partial charge in [0.15, 0.2) is 11.5 Å². The van der Waals surface area contributed by atoms with Crippen LogP contribution in [0.2, 0.25) is 10.0 Å². The van der Waals surface area contributed by atoms with Crippen LogP contribution in [-0.4, -0.2) is 31.1 Å². The van der Waals surface area contributed by atoms with Gasteiger partial charge in [-0.25, -0.2) is 9.69 Å². The number of nitrogens with one attached hydrogen (secondary N) is 1. The molecule has 168 valence electrons. The van der Waals surface area contributed by atoms with Crippen LogP contribution >= 0.6 is 23.2 Å². The molecule has 3 rings (SSSR count). The van der Waals surface area contributed by atoms with Gasteiger partial charge in [0.2, 0.25) is 0 Å². The molecule has 1 N–H and O–H groups in total. The summed E-state index contributed by atoms with van der Waals surface area (Å²) >= 11 is 12.5. The third-order valence-electron chi connectivity index (χ3n) is 4.61. The quantitative estimate of drug-likeness (QED) is 0.440. The maximum Gasteiger partial charge on any atom is 0.335 e. The zero-order chi connectivity index (χ0) is 23.4. The fourth-order valence-electron chi connectivity index (χ4n) is 3.06. The van der Waals surface area contributed by atoms with Crippen LogP contribution < -0.4 is 19.7 Å². The molecule has 7 nitrogen and oxygen atoms in total. The molecule has 0 aliphatic carbocycles. The van der Waals surface area contributed by atoms with Crippen molar-refractivity contribution in [1.29, 1.82) is 0 Å². The Morgan fingerprint density at radius 1 is 1.03 bits per heavy atom. The van der Waals surface area contributed by atoms with Crippen LogP contribution in [0.1, 0.15) is 31.4 Å². The second-order valence-electron chi connectivity index (χ2n) is 7.00. The van der Waals surface area contributed by atoms with Crippen molar-refractivity contribution in [2.75, 3.05) is 18.1 Å². The summed E-state index contributed by atoms with van der Waals surface area (Å²) in [5, 5.41) is 2.85. The van der Waals surface area contributed by atoms with Gasteiger partial charge >= 0.3 is 6.03 Å². The topological polar surface area (TPSA) is 84.9 Å². The zero-order valence-electron chi connectivity index (χ0n) is 17.8. The number of ether oxygens (including phenoxy) is 2. The van der Waals surface area contributed by atoms with Gasteiger partial charge in [0.1, 0.15) is 5.57 Å². The highest BCUT2D eigenvalue weighted by atomic mass is 35.5. The zero-order valence-corrected chi connectivity index (χ0v) is 19.3. The van der Waals surface area contributed by atoms with Crippen LogP contribution in [0.25, 0.3) is 6.08 Å². The molecule has 1 heterocycles. The van der Waals surface area contributed by atoms with E-state index in [2.05, 4.69) is 5.32 Å². The molecular weight excluding hydrogens is 455 g/mol. The fourth-order valence-corrected chi connectivity index (χ4v) is 3.51. The number of amides is 4. The summed E-state index contributed by atoms with van der Waals surface area (Å²) in [6, 6.07) is 7.08. The molecule has 1 fully saturated rings. The summed E-state index contributed by atoms with van der Waals surface area (Å²) in [6.07, 6.45) is 2.14. The van der Waals surface area contributed by atoms with Gasteiger partial charge in [0.25, 0.3) is 11.8 Å². The first-order valence-corrected chi connectivity index (χ1v) is 10.8. The van der Waals surface area contributed by atoms with Crippen molar-refractivity contribution in [3.05, 3.63) is 57.1 Å². The van der Waals surface area contributed by atoms with E-state index < -0.39 is 17.8 Å². The summed E-state index contributed by atoms with van der Waals surface area (Å²) in [6.45, 7) is 6.41. The van der Waals surface area contributed by atoms with E-state index in [0.717, 1.165) is 16.9 Å². The molecule has 0 bridgehead atoms. The summed E-state index contributed by atoms with van der Waals surface area (Å²) in [4.78, 5) is 38.8. The molecule has 1 aliphatic heterocycles. The minimum Gasteiger partial charge on any atom is -0.490 e. The van der Waals surface area contributed by atoms with Crippen LogP contribution in [0.4, 0.5) is 10.5 Å². The highest BCUT2D eigenvalue weighted by Gasteiger charge is 2.37. The summed E-state index contributed by atoms with van der Waals surface area (Å²) < 4.78 is 11.3. The lowest BCUT2D eigenvalue weighted by Crippen LogP contribution is -2.54. The van der Waals surface area contributed by atoms with Gasteiger partial charge in [0, 0.05) is 5.02 Å². The highest BCUT2D eigenvalue weighted by Crippen LogP contribution is 2.37. The van der Waals surface area contributed by atoms with Crippen LogP contribution in [-0.2, 0) is 9.59 Å². The van der Waals surface area contributed by atoms with Crippen molar-refractivity contribution in [1.82, 2.24) is 5.32 Å². The van der Waals surface area contributed by atoms with Gasteiger partial charge in [-0.05, 0) is 61.7 Å². The van der Waals surface area contributed by atoms with E-state index in [4.69, 9.17) is 32.7 Å². The molecule has 2 aromatic carbocycles. The number of aryl methyl sites for hydroxylation is 1.